The Kier molecular flexibility index (Phi) is 3.34. The maximum Gasteiger partial charge on any atom is 0.405 e. The number of hydrogen-bond acceptors (Lipinski definition) is 2. The Bertz CT molecular complexity index is 416. The van der Waals surface area contributed by atoms with Crippen molar-refractivity contribution >= 4 is 21.7 Å². The number of nitrogens with zero attached hydrogens (tertiary/aromatic N) is 2. The molecule has 1 fully saturated rings. The second-order valence-electron chi connectivity index (χ2n) is 4.27. The van der Waals surface area contributed by atoms with Crippen LogP contribution < -0.4 is 4.90 Å². The van der Waals surface area contributed by atoms with E-state index >= 15 is 0 Å². The highest BCUT2D eigenvalue weighted by atomic mass is 79.9. The average molecular weight is 309 g/mol. The van der Waals surface area contributed by atoms with Gasteiger partial charge in [0.1, 0.15) is 12.4 Å². The Morgan fingerprint density at radius 1 is 1.47 bits per heavy atom. The predicted molar refractivity (Wildman–Crippen MR) is 63.1 cm³/mol. The van der Waals surface area contributed by atoms with Crippen LogP contribution >= 0.6 is 15.9 Å². The summed E-state index contributed by atoms with van der Waals surface area (Å²) in [5, 5.41) is 0. The van der Waals surface area contributed by atoms with Crippen LogP contribution in [0.25, 0.3) is 0 Å². The Hall–Kier alpha value is -0.780. The molecule has 0 unspecified atom stereocenters. The summed E-state index contributed by atoms with van der Waals surface area (Å²) in [6.07, 6.45) is -1.01. The van der Waals surface area contributed by atoms with Crippen LogP contribution in [0.1, 0.15) is 18.4 Å². The number of halogens is 4. The van der Waals surface area contributed by atoms with E-state index in [9.17, 15) is 13.2 Å². The van der Waals surface area contributed by atoms with Gasteiger partial charge < -0.3 is 4.90 Å². The van der Waals surface area contributed by atoms with Crippen molar-refractivity contribution in [3.63, 3.8) is 0 Å². The Balaban J connectivity index is 2.23. The molecule has 0 radical (unpaired) electrons. The smallest absolute Gasteiger partial charge is 0.345 e. The molecule has 0 atom stereocenters. The van der Waals surface area contributed by atoms with E-state index in [1.54, 1.807) is 12.3 Å². The van der Waals surface area contributed by atoms with Gasteiger partial charge in [-0.3, -0.25) is 0 Å². The van der Waals surface area contributed by atoms with Crippen molar-refractivity contribution in [3.05, 3.63) is 22.3 Å². The third-order valence-corrected chi connectivity index (χ3v) is 3.49. The van der Waals surface area contributed by atoms with E-state index < -0.39 is 12.7 Å². The largest absolute Gasteiger partial charge is 0.405 e. The lowest BCUT2D eigenvalue weighted by Crippen LogP contribution is -2.36. The molecule has 1 aliphatic rings. The summed E-state index contributed by atoms with van der Waals surface area (Å²) < 4.78 is 38.3. The summed E-state index contributed by atoms with van der Waals surface area (Å²) in [6, 6.07) is 1.68. The van der Waals surface area contributed by atoms with E-state index in [1.165, 1.54) is 4.90 Å². The fourth-order valence-corrected chi connectivity index (χ4v) is 1.87. The summed E-state index contributed by atoms with van der Waals surface area (Å²) in [6.45, 7) is 0.916. The highest BCUT2D eigenvalue weighted by Crippen LogP contribution is 2.34. The molecule has 0 saturated heterocycles. The molecule has 1 aromatic rings. The first-order valence-corrected chi connectivity index (χ1v) is 6.11. The van der Waals surface area contributed by atoms with Crippen molar-refractivity contribution in [3.8, 4) is 0 Å². The molecule has 0 aliphatic heterocycles. The first kappa shape index (κ1) is 12.7. The van der Waals surface area contributed by atoms with Crippen molar-refractivity contribution in [2.75, 3.05) is 11.4 Å². The van der Waals surface area contributed by atoms with Crippen LogP contribution in [0.3, 0.4) is 0 Å². The first-order chi connectivity index (χ1) is 7.87. The van der Waals surface area contributed by atoms with Crippen LogP contribution in [-0.2, 0) is 0 Å². The summed E-state index contributed by atoms with van der Waals surface area (Å²) in [4.78, 5) is 5.41. The minimum Gasteiger partial charge on any atom is -0.345 e. The molecule has 17 heavy (non-hydrogen) atoms. The SMILES string of the molecule is Cc1cc(N(CC(F)(F)F)C2CC2)ncc1Br. The van der Waals surface area contributed by atoms with Crippen molar-refractivity contribution in [2.45, 2.75) is 32.0 Å². The molecule has 1 heterocycles. The number of aryl methyl sites for hydroxylation is 1. The second kappa shape index (κ2) is 4.48. The van der Waals surface area contributed by atoms with E-state index in [4.69, 9.17) is 0 Å². The van der Waals surface area contributed by atoms with Crippen LogP contribution in [0, 0.1) is 6.92 Å². The van der Waals surface area contributed by atoms with E-state index in [2.05, 4.69) is 20.9 Å². The standard InChI is InChI=1S/C11H12BrF3N2/c1-7-4-10(16-5-9(7)12)17(8-2-3-8)6-11(13,14)15/h4-5,8H,2-3,6H2,1H3. The Morgan fingerprint density at radius 3 is 2.59 bits per heavy atom. The van der Waals surface area contributed by atoms with Crippen LogP contribution in [0.15, 0.2) is 16.7 Å². The van der Waals surface area contributed by atoms with Gasteiger partial charge in [-0.1, -0.05) is 0 Å². The topological polar surface area (TPSA) is 16.1 Å². The van der Waals surface area contributed by atoms with E-state index in [1.807, 2.05) is 6.92 Å². The Labute approximate surface area is 106 Å². The van der Waals surface area contributed by atoms with Gasteiger partial charge >= 0.3 is 6.18 Å². The van der Waals surface area contributed by atoms with Gasteiger partial charge in [0.25, 0.3) is 0 Å². The van der Waals surface area contributed by atoms with Gasteiger partial charge in [0.15, 0.2) is 0 Å². The normalized spacial score (nSPS) is 16.1. The average Bonchev–Trinajstić information content (AvgIpc) is 3.01. The minimum atomic E-state index is -4.19. The first-order valence-electron chi connectivity index (χ1n) is 5.32. The van der Waals surface area contributed by atoms with Gasteiger partial charge in [0, 0.05) is 16.7 Å². The Morgan fingerprint density at radius 2 is 2.12 bits per heavy atom. The van der Waals surface area contributed by atoms with Crippen molar-refractivity contribution < 1.29 is 13.2 Å². The zero-order chi connectivity index (χ0) is 12.6. The van der Waals surface area contributed by atoms with Gasteiger partial charge in [0.05, 0.1) is 0 Å². The van der Waals surface area contributed by atoms with Crippen molar-refractivity contribution in [1.29, 1.82) is 0 Å². The summed E-state index contributed by atoms with van der Waals surface area (Å²) in [7, 11) is 0. The van der Waals surface area contributed by atoms with E-state index in [0.29, 0.717) is 5.82 Å². The molecule has 2 rings (SSSR count). The highest BCUT2D eigenvalue weighted by molar-refractivity contribution is 9.10. The lowest BCUT2D eigenvalue weighted by Gasteiger charge is -2.25. The molecule has 0 bridgehead atoms. The van der Waals surface area contributed by atoms with Crippen LogP contribution in [-0.4, -0.2) is 23.7 Å². The number of aromatic nitrogens is 1. The fourth-order valence-electron chi connectivity index (χ4n) is 1.66. The molecular formula is C11H12BrF3N2. The molecule has 6 heteroatoms. The van der Waals surface area contributed by atoms with Gasteiger partial charge in [-0.15, -0.1) is 0 Å². The molecule has 94 valence electrons. The third-order valence-electron chi connectivity index (χ3n) is 2.66. The van der Waals surface area contributed by atoms with Crippen molar-refractivity contribution in [2.24, 2.45) is 0 Å². The number of pyridine rings is 1. The molecule has 0 spiro atoms. The maximum absolute atomic E-state index is 12.5. The van der Waals surface area contributed by atoms with Crippen LogP contribution in [0.4, 0.5) is 19.0 Å². The molecule has 0 aromatic carbocycles. The predicted octanol–water partition coefficient (Wildman–Crippen LogP) is 3.68. The maximum atomic E-state index is 12.5. The molecule has 1 aliphatic carbocycles. The van der Waals surface area contributed by atoms with Gasteiger partial charge in [-0.2, -0.15) is 13.2 Å². The van der Waals surface area contributed by atoms with E-state index in [0.717, 1.165) is 22.9 Å². The van der Waals surface area contributed by atoms with Crippen LogP contribution in [0.2, 0.25) is 0 Å². The fraction of sp³-hybridized carbons (Fsp3) is 0.545. The van der Waals surface area contributed by atoms with Gasteiger partial charge in [-0.05, 0) is 47.3 Å². The summed E-state index contributed by atoms with van der Waals surface area (Å²) in [5.74, 6) is 0.408. The van der Waals surface area contributed by atoms with Gasteiger partial charge in [0.2, 0.25) is 0 Å². The zero-order valence-electron chi connectivity index (χ0n) is 9.26. The minimum absolute atomic E-state index is 0.00954. The molecule has 0 N–H and O–H groups in total. The molecule has 1 aromatic heterocycles. The highest BCUT2D eigenvalue weighted by Gasteiger charge is 2.38. The zero-order valence-corrected chi connectivity index (χ0v) is 10.8. The number of alkyl halides is 3. The summed E-state index contributed by atoms with van der Waals surface area (Å²) in [5.41, 5.74) is 0.892. The number of hydrogen-bond donors (Lipinski definition) is 0. The second-order valence-corrected chi connectivity index (χ2v) is 5.12. The lowest BCUT2D eigenvalue weighted by atomic mass is 10.3. The number of rotatable bonds is 3. The molecular weight excluding hydrogens is 297 g/mol. The van der Waals surface area contributed by atoms with Gasteiger partial charge in [-0.25, -0.2) is 4.98 Å². The number of anilines is 1. The summed E-state index contributed by atoms with van der Waals surface area (Å²) >= 11 is 3.29. The molecule has 2 nitrogen and oxygen atoms in total. The quantitative estimate of drug-likeness (QED) is 0.846. The van der Waals surface area contributed by atoms with Crippen LogP contribution in [0.5, 0.6) is 0 Å². The lowest BCUT2D eigenvalue weighted by molar-refractivity contribution is -0.120. The van der Waals surface area contributed by atoms with E-state index in [-0.39, 0.29) is 6.04 Å². The van der Waals surface area contributed by atoms with Crippen molar-refractivity contribution in [1.82, 2.24) is 4.98 Å². The molecule has 1 saturated carbocycles. The molecule has 0 amide bonds. The monoisotopic (exact) mass is 308 g/mol. The third kappa shape index (κ3) is 3.34.